The fourth-order valence-corrected chi connectivity index (χ4v) is 1.47. The average molecular weight is 229 g/mol. The van der Waals surface area contributed by atoms with Crippen LogP contribution in [0.5, 0.6) is 0 Å². The molecule has 0 atom stereocenters. The lowest BCUT2D eigenvalue weighted by Crippen LogP contribution is -1.99. The summed E-state index contributed by atoms with van der Waals surface area (Å²) in [6, 6.07) is 9.90. The lowest BCUT2D eigenvalue weighted by Gasteiger charge is -2.00. The maximum atomic E-state index is 10.2. The molecular formula is C12H11N3O2. The van der Waals surface area contributed by atoms with E-state index in [2.05, 4.69) is 5.10 Å². The number of rotatable bonds is 4. The van der Waals surface area contributed by atoms with Crippen molar-refractivity contribution in [1.82, 2.24) is 9.78 Å². The van der Waals surface area contributed by atoms with Crippen LogP contribution in [0.1, 0.15) is 11.1 Å². The topological polar surface area (TPSA) is 61.0 Å². The van der Waals surface area contributed by atoms with Gasteiger partial charge in [-0.1, -0.05) is 30.3 Å². The largest absolute Gasteiger partial charge is 0.268 e. The SMILES string of the molecule is O=[N+]([O-])/C=C/c1cnn(Cc2ccccc2)c1. The van der Waals surface area contributed by atoms with Crippen LogP contribution in [0.3, 0.4) is 0 Å². The van der Waals surface area contributed by atoms with Gasteiger partial charge in [0, 0.05) is 17.8 Å². The zero-order chi connectivity index (χ0) is 12.1. The number of hydrogen-bond acceptors (Lipinski definition) is 3. The molecule has 17 heavy (non-hydrogen) atoms. The van der Waals surface area contributed by atoms with Gasteiger partial charge in [-0.2, -0.15) is 5.10 Å². The van der Waals surface area contributed by atoms with Crippen LogP contribution in [0.15, 0.2) is 48.9 Å². The molecule has 1 aromatic carbocycles. The Morgan fingerprint density at radius 1 is 1.35 bits per heavy atom. The van der Waals surface area contributed by atoms with Crippen LogP contribution < -0.4 is 0 Å². The number of hydrogen-bond donors (Lipinski definition) is 0. The zero-order valence-electron chi connectivity index (χ0n) is 9.06. The van der Waals surface area contributed by atoms with Gasteiger partial charge in [0.15, 0.2) is 0 Å². The maximum Gasteiger partial charge on any atom is 0.235 e. The number of nitrogens with zero attached hydrogens (tertiary/aromatic N) is 3. The van der Waals surface area contributed by atoms with E-state index in [1.54, 1.807) is 17.1 Å². The first kappa shape index (κ1) is 11.1. The molecule has 0 spiro atoms. The molecule has 0 fully saturated rings. The van der Waals surface area contributed by atoms with Crippen LogP contribution in [-0.4, -0.2) is 14.7 Å². The lowest BCUT2D eigenvalue weighted by molar-refractivity contribution is -0.400. The monoisotopic (exact) mass is 229 g/mol. The molecule has 2 rings (SSSR count). The van der Waals surface area contributed by atoms with Gasteiger partial charge < -0.3 is 0 Å². The zero-order valence-corrected chi connectivity index (χ0v) is 9.06. The van der Waals surface area contributed by atoms with Crippen molar-refractivity contribution >= 4 is 6.08 Å². The minimum atomic E-state index is -0.492. The number of benzene rings is 1. The average Bonchev–Trinajstić information content (AvgIpc) is 2.75. The van der Waals surface area contributed by atoms with Crippen LogP contribution in [0, 0.1) is 10.1 Å². The predicted molar refractivity (Wildman–Crippen MR) is 63.8 cm³/mol. The maximum absolute atomic E-state index is 10.2. The molecule has 0 aliphatic rings. The predicted octanol–water partition coefficient (Wildman–Crippen LogP) is 2.18. The van der Waals surface area contributed by atoms with Gasteiger partial charge in [-0.05, 0) is 5.56 Å². The molecule has 0 unspecified atom stereocenters. The molecule has 0 radical (unpaired) electrons. The number of nitro groups is 1. The molecule has 0 saturated heterocycles. The van der Waals surface area contributed by atoms with E-state index >= 15 is 0 Å². The van der Waals surface area contributed by atoms with E-state index in [0.29, 0.717) is 6.54 Å². The summed E-state index contributed by atoms with van der Waals surface area (Å²) in [5, 5.41) is 14.3. The Balaban J connectivity index is 2.06. The summed E-state index contributed by atoms with van der Waals surface area (Å²) in [5.74, 6) is 0. The summed E-state index contributed by atoms with van der Waals surface area (Å²) < 4.78 is 1.74. The first-order valence-electron chi connectivity index (χ1n) is 5.12. The Morgan fingerprint density at radius 2 is 2.12 bits per heavy atom. The van der Waals surface area contributed by atoms with Crippen molar-refractivity contribution < 1.29 is 4.92 Å². The molecule has 1 aromatic heterocycles. The summed E-state index contributed by atoms with van der Waals surface area (Å²) in [5.41, 5.74) is 1.86. The summed E-state index contributed by atoms with van der Waals surface area (Å²) in [6.07, 6.45) is 5.70. The molecule has 5 nitrogen and oxygen atoms in total. The van der Waals surface area contributed by atoms with E-state index in [9.17, 15) is 10.1 Å². The first-order valence-corrected chi connectivity index (χ1v) is 5.12. The van der Waals surface area contributed by atoms with Crippen molar-refractivity contribution in [3.8, 4) is 0 Å². The molecule has 0 aliphatic carbocycles. The highest BCUT2D eigenvalue weighted by Gasteiger charge is 1.98. The summed E-state index contributed by atoms with van der Waals surface area (Å²) in [6.45, 7) is 0.660. The van der Waals surface area contributed by atoms with E-state index < -0.39 is 4.92 Å². The highest BCUT2D eigenvalue weighted by Crippen LogP contribution is 2.05. The van der Waals surface area contributed by atoms with E-state index in [1.807, 2.05) is 30.3 Å². The van der Waals surface area contributed by atoms with Crippen LogP contribution in [0.2, 0.25) is 0 Å². The van der Waals surface area contributed by atoms with Gasteiger partial charge in [0.2, 0.25) is 6.20 Å². The molecule has 0 bridgehead atoms. The normalized spacial score (nSPS) is 10.8. The van der Waals surface area contributed by atoms with Gasteiger partial charge >= 0.3 is 0 Å². The second-order valence-electron chi connectivity index (χ2n) is 3.56. The highest BCUT2D eigenvalue weighted by molar-refractivity contribution is 5.45. The van der Waals surface area contributed by atoms with Crippen molar-refractivity contribution in [3.63, 3.8) is 0 Å². The minimum absolute atomic E-state index is 0.492. The van der Waals surface area contributed by atoms with Crippen LogP contribution >= 0.6 is 0 Å². The van der Waals surface area contributed by atoms with Crippen molar-refractivity contribution in [2.45, 2.75) is 6.54 Å². The van der Waals surface area contributed by atoms with Crippen molar-refractivity contribution in [1.29, 1.82) is 0 Å². The van der Waals surface area contributed by atoms with E-state index in [1.165, 1.54) is 6.08 Å². The van der Waals surface area contributed by atoms with Crippen LogP contribution in [0.4, 0.5) is 0 Å². The molecule has 86 valence electrons. The second-order valence-corrected chi connectivity index (χ2v) is 3.56. The number of aromatic nitrogens is 2. The molecule has 0 N–H and O–H groups in total. The molecule has 0 saturated carbocycles. The molecule has 1 heterocycles. The summed E-state index contributed by atoms with van der Waals surface area (Å²) in [7, 11) is 0. The third-order valence-electron chi connectivity index (χ3n) is 2.23. The van der Waals surface area contributed by atoms with Gasteiger partial charge in [-0.3, -0.25) is 14.8 Å². The Labute approximate surface area is 98.2 Å². The van der Waals surface area contributed by atoms with Crippen molar-refractivity contribution in [2.75, 3.05) is 0 Å². The fourth-order valence-electron chi connectivity index (χ4n) is 1.47. The Morgan fingerprint density at radius 3 is 2.82 bits per heavy atom. The summed E-state index contributed by atoms with van der Waals surface area (Å²) in [4.78, 5) is 9.67. The lowest BCUT2D eigenvalue weighted by atomic mass is 10.2. The quantitative estimate of drug-likeness (QED) is 0.596. The van der Waals surface area contributed by atoms with E-state index in [0.717, 1.165) is 17.3 Å². The Kier molecular flexibility index (Phi) is 3.30. The second kappa shape index (κ2) is 5.07. The smallest absolute Gasteiger partial charge is 0.235 e. The van der Waals surface area contributed by atoms with E-state index in [-0.39, 0.29) is 0 Å². The molecule has 2 aromatic rings. The Bertz CT molecular complexity index is 532. The third kappa shape index (κ3) is 3.27. The van der Waals surface area contributed by atoms with Crippen LogP contribution in [0.25, 0.3) is 6.08 Å². The van der Waals surface area contributed by atoms with Gasteiger partial charge in [-0.15, -0.1) is 0 Å². The van der Waals surface area contributed by atoms with Crippen LogP contribution in [-0.2, 0) is 6.54 Å². The standard InChI is InChI=1S/C12H11N3O2/c16-15(17)7-6-12-8-13-14(10-12)9-11-4-2-1-3-5-11/h1-8,10H,9H2/b7-6+. The van der Waals surface area contributed by atoms with Crippen molar-refractivity contribution in [3.05, 3.63) is 70.2 Å². The van der Waals surface area contributed by atoms with Gasteiger partial charge in [0.25, 0.3) is 0 Å². The van der Waals surface area contributed by atoms with Gasteiger partial charge in [0.05, 0.1) is 17.7 Å². The Hall–Kier alpha value is -2.43. The van der Waals surface area contributed by atoms with Gasteiger partial charge in [0.1, 0.15) is 0 Å². The van der Waals surface area contributed by atoms with E-state index in [4.69, 9.17) is 0 Å². The third-order valence-corrected chi connectivity index (χ3v) is 2.23. The molecule has 0 aliphatic heterocycles. The first-order chi connectivity index (χ1) is 8.24. The van der Waals surface area contributed by atoms with Gasteiger partial charge in [-0.25, -0.2) is 0 Å². The summed E-state index contributed by atoms with van der Waals surface area (Å²) >= 11 is 0. The fraction of sp³-hybridized carbons (Fsp3) is 0.0833. The highest BCUT2D eigenvalue weighted by atomic mass is 16.6. The molecule has 5 heteroatoms. The minimum Gasteiger partial charge on any atom is -0.268 e. The van der Waals surface area contributed by atoms with Crippen molar-refractivity contribution in [2.24, 2.45) is 0 Å². The molecule has 0 amide bonds. The molecular weight excluding hydrogens is 218 g/mol.